The zero-order valence-corrected chi connectivity index (χ0v) is 80.6. The minimum absolute atomic E-state index is 0.0812. The van der Waals surface area contributed by atoms with Crippen molar-refractivity contribution in [3.05, 3.63) is 239 Å². The third-order valence-corrected chi connectivity index (χ3v) is 22.4. The van der Waals surface area contributed by atoms with Gasteiger partial charge in [0.2, 0.25) is 0 Å². The quantitative estimate of drug-likeness (QED) is 0.0153. The van der Waals surface area contributed by atoms with Gasteiger partial charge in [-0.05, 0) is 189 Å². The minimum atomic E-state index is -0.659. The summed E-state index contributed by atoms with van der Waals surface area (Å²) >= 11 is 11.7. The Kier molecular flexibility index (Phi) is 51.5. The van der Waals surface area contributed by atoms with Crippen LogP contribution < -0.4 is 37.9 Å². The summed E-state index contributed by atoms with van der Waals surface area (Å²) in [5.41, 5.74) is 8.64. The van der Waals surface area contributed by atoms with Gasteiger partial charge in [0.15, 0.2) is 0 Å². The van der Waals surface area contributed by atoms with Gasteiger partial charge < -0.3 is 97.0 Å². The summed E-state index contributed by atoms with van der Waals surface area (Å²) in [6.07, 6.45) is 2.55. The first-order valence-corrected chi connectivity index (χ1v) is 46.3. The first-order valence-electron chi connectivity index (χ1n) is 45.2. The van der Waals surface area contributed by atoms with Gasteiger partial charge >= 0.3 is 0 Å². The third-order valence-electron chi connectivity index (χ3n) is 21.3. The molecule has 0 bridgehead atoms. The average Bonchev–Trinajstić information content (AvgIpc) is 0.818. The average molecular weight is 1810 g/mol. The van der Waals surface area contributed by atoms with Gasteiger partial charge in [-0.25, -0.2) is 0 Å². The number of aliphatic hydroxyl groups excluding tert-OH is 6. The number of alkyl halides is 2. The highest BCUT2D eigenvalue weighted by Gasteiger charge is 2.28. The minimum Gasteiger partial charge on any atom is -0.493 e. The lowest BCUT2D eigenvalue weighted by Crippen LogP contribution is -2.25. The number of hydrogen-bond acceptors (Lipinski definition) is 20. The Morgan fingerprint density at radius 2 is 0.409 bits per heavy atom. The van der Waals surface area contributed by atoms with Crippen LogP contribution in [0.15, 0.2) is 194 Å². The SMILES string of the molecule is CC(C)OCC(O)COc1ccc(C(C)(C)c2ccc(OCC(O)COC(C)C)cc2)cc1.CCCCOCC(O)COc1ccc(C(C)(C)c2ccc(OCC(C)CCl)cc2)cc1.CCCCOCC(O)COc1ccc(C(C)(C)c2ccc(OCC(O)COCCCC)cc2)cc1.COCC(O)COc1ccc(C(C)(C)c2ccc(OCC(C)CCl)cc2)cc1. The van der Waals surface area contributed by atoms with E-state index in [1.54, 1.807) is 7.11 Å². The number of rotatable bonds is 57. The summed E-state index contributed by atoms with van der Waals surface area (Å²) in [6, 6.07) is 64.3. The maximum atomic E-state index is 10.0. The van der Waals surface area contributed by atoms with Crippen molar-refractivity contribution in [1.82, 2.24) is 0 Å². The van der Waals surface area contributed by atoms with Crippen LogP contribution in [-0.4, -0.2) is 211 Å². The molecule has 706 valence electrons. The summed E-state index contributed by atoms with van der Waals surface area (Å²) in [6.45, 7) is 41.8. The van der Waals surface area contributed by atoms with Crippen molar-refractivity contribution in [2.75, 3.05) is 131 Å². The molecule has 0 aromatic heterocycles. The molecule has 0 aliphatic rings. The van der Waals surface area contributed by atoms with Crippen LogP contribution in [0.2, 0.25) is 0 Å². The van der Waals surface area contributed by atoms with Crippen molar-refractivity contribution >= 4 is 23.2 Å². The van der Waals surface area contributed by atoms with Crippen molar-refractivity contribution in [2.24, 2.45) is 11.8 Å². The summed E-state index contributed by atoms with van der Waals surface area (Å²) < 4.78 is 77.7. The van der Waals surface area contributed by atoms with E-state index in [1.807, 2.05) is 149 Å². The summed E-state index contributed by atoms with van der Waals surface area (Å²) in [4.78, 5) is 0. The molecule has 0 heterocycles. The van der Waals surface area contributed by atoms with Crippen LogP contribution in [0.25, 0.3) is 0 Å². The van der Waals surface area contributed by atoms with Gasteiger partial charge in [0.1, 0.15) is 122 Å². The number of ether oxygens (including phenoxy) is 14. The van der Waals surface area contributed by atoms with Crippen molar-refractivity contribution in [2.45, 2.75) is 227 Å². The highest BCUT2D eigenvalue weighted by Crippen LogP contribution is 2.38. The summed E-state index contributed by atoms with van der Waals surface area (Å²) in [5, 5.41) is 59.6. The predicted molar refractivity (Wildman–Crippen MR) is 511 cm³/mol. The molecular formula is C105H152Cl2O20. The van der Waals surface area contributed by atoms with E-state index in [2.05, 4.69) is 163 Å². The fourth-order valence-corrected chi connectivity index (χ4v) is 12.8. The number of benzene rings is 8. The number of methoxy groups -OCH3 is 1. The molecule has 0 saturated heterocycles. The summed E-state index contributed by atoms with van der Waals surface area (Å²) in [5.74, 6) is 7.89. The van der Waals surface area contributed by atoms with Crippen LogP contribution in [0.5, 0.6) is 46.0 Å². The Morgan fingerprint density at radius 3 is 0.567 bits per heavy atom. The van der Waals surface area contributed by atoms with Gasteiger partial charge in [-0.15, -0.1) is 23.2 Å². The molecule has 0 radical (unpaired) electrons. The Hall–Kier alpha value is -7.74. The Labute approximate surface area is 770 Å². The van der Waals surface area contributed by atoms with Crippen LogP contribution in [0, 0.1) is 11.8 Å². The van der Waals surface area contributed by atoms with Crippen LogP contribution >= 0.6 is 23.2 Å². The Bertz CT molecular complexity index is 3980. The molecule has 0 fully saturated rings. The molecule has 6 N–H and O–H groups in total. The molecular weight excluding hydrogens is 1650 g/mol. The first-order chi connectivity index (χ1) is 60.7. The molecule has 8 aromatic rings. The highest BCUT2D eigenvalue weighted by atomic mass is 35.5. The number of unbranched alkanes of at least 4 members (excludes halogenated alkanes) is 3. The van der Waals surface area contributed by atoms with E-state index in [-0.39, 0.29) is 107 Å². The van der Waals surface area contributed by atoms with Crippen molar-refractivity contribution in [3.63, 3.8) is 0 Å². The van der Waals surface area contributed by atoms with E-state index in [9.17, 15) is 30.6 Å². The first kappa shape index (κ1) is 110. The van der Waals surface area contributed by atoms with Gasteiger partial charge in [-0.1, -0.05) is 206 Å². The Balaban J connectivity index is 0.000000301. The van der Waals surface area contributed by atoms with E-state index >= 15 is 0 Å². The highest BCUT2D eigenvalue weighted by molar-refractivity contribution is 6.18. The van der Waals surface area contributed by atoms with Gasteiger partial charge in [0.25, 0.3) is 0 Å². The number of halogens is 2. The van der Waals surface area contributed by atoms with Crippen LogP contribution in [0.3, 0.4) is 0 Å². The number of hydrogen-bond donors (Lipinski definition) is 6. The van der Waals surface area contributed by atoms with E-state index in [0.29, 0.717) is 74.7 Å². The van der Waals surface area contributed by atoms with E-state index in [1.165, 1.54) is 22.3 Å². The molecule has 0 spiro atoms. The molecule has 8 unspecified atom stereocenters. The summed E-state index contributed by atoms with van der Waals surface area (Å²) in [7, 11) is 1.55. The Morgan fingerprint density at radius 1 is 0.244 bits per heavy atom. The van der Waals surface area contributed by atoms with Crippen LogP contribution in [0.1, 0.15) is 201 Å². The standard InChI is InChI=1S/C29H44O6.C27H40O6.C26H37ClO4.C23H31ClO4/c1-5-7-17-32-19-25(30)21-34-27-13-9-23(10-14-27)29(3,4)24-11-15-28(16-12-24)35-22-26(31)20-33-18-8-6-2;1-19(2)30-15-23(28)17-32-25-11-7-21(8-12-25)27(5,6)22-9-13-26(14-10-22)33-18-24(29)16-31-20(3)4;1-5-6-15-29-18-23(28)19-31-25-13-9-22(10-14-25)26(3,4)21-7-11-24(12-8-21)30-17-20(2)16-27;1-17(13-24)14-27-21-9-5-18(6-10-21)23(2,3)19-7-11-22(12-8-19)28-16-20(25)15-26-4/h9-16,25-26,30-31H,5-8,17-22H2,1-4H3;7-14,19-20,23-24,28-29H,15-18H2,1-6H3;7-14,20,23,28H,5-6,15-19H2,1-4H3;5-12,17,20,25H,13-16H2,1-4H3. The molecule has 22 heteroatoms. The zero-order chi connectivity index (χ0) is 93.2. The number of aliphatic hydroxyl groups is 6. The zero-order valence-electron chi connectivity index (χ0n) is 79.1. The van der Waals surface area contributed by atoms with Crippen molar-refractivity contribution in [1.29, 1.82) is 0 Å². The molecule has 8 atom stereocenters. The van der Waals surface area contributed by atoms with E-state index < -0.39 is 36.6 Å². The monoisotopic (exact) mass is 1800 g/mol. The predicted octanol–water partition coefficient (Wildman–Crippen LogP) is 19.9. The lowest BCUT2D eigenvalue weighted by Gasteiger charge is -2.26. The lowest BCUT2D eigenvalue weighted by atomic mass is 9.78. The molecule has 0 aliphatic carbocycles. The van der Waals surface area contributed by atoms with Gasteiger partial charge in [-0.2, -0.15) is 0 Å². The smallest absolute Gasteiger partial charge is 0.119 e. The fraction of sp³-hybridized carbons (Fsp3) is 0.543. The second kappa shape index (κ2) is 59.5. The van der Waals surface area contributed by atoms with Gasteiger partial charge in [-0.3, -0.25) is 0 Å². The van der Waals surface area contributed by atoms with Crippen molar-refractivity contribution in [3.8, 4) is 46.0 Å². The molecule has 0 saturated carbocycles. The van der Waals surface area contributed by atoms with Crippen molar-refractivity contribution < 1.29 is 97.0 Å². The van der Waals surface area contributed by atoms with Crippen LogP contribution in [-0.2, 0) is 50.1 Å². The topological polar surface area (TPSA) is 251 Å². The van der Waals surface area contributed by atoms with Gasteiger partial charge in [0.05, 0.1) is 65.1 Å². The maximum absolute atomic E-state index is 10.0. The third kappa shape index (κ3) is 41.9. The molecule has 127 heavy (non-hydrogen) atoms. The molecule has 8 rings (SSSR count). The van der Waals surface area contributed by atoms with Gasteiger partial charge in [0, 0.05) is 72.2 Å². The normalized spacial score (nSPS) is 13.7. The fourth-order valence-electron chi connectivity index (χ4n) is 12.6. The molecule has 20 nitrogen and oxygen atoms in total. The van der Waals surface area contributed by atoms with E-state index in [0.717, 1.165) is 95.3 Å². The molecule has 0 amide bonds. The largest absolute Gasteiger partial charge is 0.493 e. The second-order valence-corrected chi connectivity index (χ2v) is 35.7. The second-order valence-electron chi connectivity index (χ2n) is 35.1. The van der Waals surface area contributed by atoms with E-state index in [4.69, 9.17) is 89.5 Å². The lowest BCUT2D eigenvalue weighted by molar-refractivity contribution is -0.0122. The molecule has 0 aliphatic heterocycles. The van der Waals surface area contributed by atoms with Crippen LogP contribution in [0.4, 0.5) is 0 Å². The molecule has 8 aromatic carbocycles. The maximum Gasteiger partial charge on any atom is 0.119 e.